The van der Waals surface area contributed by atoms with Crippen molar-refractivity contribution in [2.24, 2.45) is 0 Å². The van der Waals surface area contributed by atoms with Crippen LogP contribution in [0.1, 0.15) is 0 Å². The molecule has 1 rings (SSSR count). The molecule has 0 heterocycles. The van der Waals surface area contributed by atoms with Crippen molar-refractivity contribution < 1.29 is 13.4 Å². The number of benzene rings is 1. The maximum atomic E-state index is 10.1. The van der Waals surface area contributed by atoms with Gasteiger partial charge in [-0.05, 0) is 26.9 Å². The summed E-state index contributed by atoms with van der Waals surface area (Å²) >= 11 is 0.897. The number of hydrogen-bond acceptors (Lipinski definition) is 4. The van der Waals surface area contributed by atoms with E-state index in [4.69, 9.17) is 4.89 Å². The van der Waals surface area contributed by atoms with Crippen molar-refractivity contribution in [1.29, 1.82) is 0 Å². The van der Waals surface area contributed by atoms with Gasteiger partial charge in [-0.1, -0.05) is 18.2 Å². The standard InChI is InChI=1S/C6H5O3PS2/c7-10(8)9-12-11-6-4-2-1-3-5-6/h1-5H/p+1. The topological polar surface area (TPSA) is 46.5 Å². The van der Waals surface area contributed by atoms with Crippen LogP contribution in [0.4, 0.5) is 0 Å². The lowest BCUT2D eigenvalue weighted by atomic mass is 10.4. The quantitative estimate of drug-likeness (QED) is 0.481. The zero-order valence-electron chi connectivity index (χ0n) is 5.91. The Morgan fingerprint density at radius 1 is 1.33 bits per heavy atom. The predicted molar refractivity (Wildman–Crippen MR) is 50.8 cm³/mol. The lowest BCUT2D eigenvalue weighted by Gasteiger charge is -1.91. The Balaban J connectivity index is 2.29. The molecule has 3 nitrogen and oxygen atoms in total. The van der Waals surface area contributed by atoms with Gasteiger partial charge >= 0.3 is 8.25 Å². The summed E-state index contributed by atoms with van der Waals surface area (Å²) in [6.07, 6.45) is 0. The zero-order valence-corrected chi connectivity index (χ0v) is 8.44. The molecule has 64 valence electrons. The van der Waals surface area contributed by atoms with E-state index in [1.54, 1.807) is 0 Å². The normalized spacial score (nSPS) is 11.2. The fourth-order valence-corrected chi connectivity index (χ4v) is 2.54. The van der Waals surface area contributed by atoms with E-state index in [0.717, 1.165) is 16.0 Å². The van der Waals surface area contributed by atoms with Crippen molar-refractivity contribution in [3.63, 3.8) is 0 Å². The van der Waals surface area contributed by atoms with Crippen molar-refractivity contribution in [3.8, 4) is 0 Å². The first-order chi connectivity index (χ1) is 5.79. The van der Waals surface area contributed by atoms with Gasteiger partial charge in [0.15, 0.2) is 0 Å². The molecule has 0 fully saturated rings. The van der Waals surface area contributed by atoms with Gasteiger partial charge < -0.3 is 0 Å². The lowest BCUT2D eigenvalue weighted by Crippen LogP contribution is -1.64. The molecule has 0 radical (unpaired) electrons. The minimum Gasteiger partial charge on any atom is -0.133 e. The van der Waals surface area contributed by atoms with Crippen LogP contribution in [-0.2, 0) is 8.54 Å². The molecule has 0 amide bonds. The van der Waals surface area contributed by atoms with E-state index in [9.17, 15) is 4.57 Å². The minimum atomic E-state index is -2.50. The molecule has 0 bridgehead atoms. The molecule has 1 aromatic carbocycles. The molecular weight excluding hydrogens is 215 g/mol. The Morgan fingerprint density at radius 3 is 2.58 bits per heavy atom. The smallest absolute Gasteiger partial charge is 0.133 e. The molecule has 1 unspecified atom stereocenters. The number of hydrogen-bond donors (Lipinski definition) is 1. The van der Waals surface area contributed by atoms with Crippen molar-refractivity contribution >= 4 is 30.1 Å². The molecule has 0 saturated heterocycles. The number of rotatable bonds is 4. The molecule has 1 aromatic rings. The molecule has 1 N–H and O–H groups in total. The van der Waals surface area contributed by atoms with Gasteiger partial charge in [-0.25, -0.2) is 0 Å². The largest absolute Gasteiger partial charge is 0.708 e. The first-order valence-corrected chi connectivity index (χ1v) is 6.22. The molecule has 0 aromatic heterocycles. The van der Waals surface area contributed by atoms with Gasteiger partial charge in [0.25, 0.3) is 0 Å². The summed E-state index contributed by atoms with van der Waals surface area (Å²) in [5.41, 5.74) is 0. The average molecular weight is 221 g/mol. The fourth-order valence-electron chi connectivity index (χ4n) is 0.557. The van der Waals surface area contributed by atoms with Gasteiger partial charge in [-0.2, -0.15) is 0 Å². The molecule has 0 saturated carbocycles. The second kappa shape index (κ2) is 5.56. The second-order valence-corrected chi connectivity index (χ2v) is 4.53. The summed E-state index contributed by atoms with van der Waals surface area (Å²) < 4.78 is 14.5. The van der Waals surface area contributed by atoms with Crippen molar-refractivity contribution in [3.05, 3.63) is 30.3 Å². The Kier molecular flexibility index (Phi) is 4.65. The van der Waals surface area contributed by atoms with Crippen LogP contribution in [0.15, 0.2) is 35.2 Å². The van der Waals surface area contributed by atoms with Crippen LogP contribution in [0, 0.1) is 0 Å². The maximum absolute atomic E-state index is 10.1. The summed E-state index contributed by atoms with van der Waals surface area (Å²) in [7, 11) is -1.21. The Hall–Kier alpha value is -0.0600. The molecule has 0 aliphatic rings. The van der Waals surface area contributed by atoms with E-state index in [0.29, 0.717) is 0 Å². The van der Waals surface area contributed by atoms with Crippen LogP contribution < -0.4 is 0 Å². The summed E-state index contributed by atoms with van der Waals surface area (Å²) in [5, 5.41) is 0. The van der Waals surface area contributed by atoms with Crippen LogP contribution in [-0.4, -0.2) is 4.89 Å². The zero-order chi connectivity index (χ0) is 8.81. The predicted octanol–water partition coefficient (Wildman–Crippen LogP) is 3.01. The van der Waals surface area contributed by atoms with Gasteiger partial charge in [0, 0.05) is 9.46 Å². The van der Waals surface area contributed by atoms with E-state index >= 15 is 0 Å². The van der Waals surface area contributed by atoms with Crippen molar-refractivity contribution in [2.45, 2.75) is 4.90 Å². The first-order valence-electron chi connectivity index (χ1n) is 3.01. The minimum absolute atomic E-state index is 0.897. The van der Waals surface area contributed by atoms with Gasteiger partial charge in [-0.3, -0.25) is 0 Å². The van der Waals surface area contributed by atoms with E-state index in [-0.39, 0.29) is 0 Å². The highest BCUT2D eigenvalue weighted by Crippen LogP contribution is 2.37. The monoisotopic (exact) mass is 221 g/mol. The third kappa shape index (κ3) is 4.09. The van der Waals surface area contributed by atoms with Crippen molar-refractivity contribution in [2.75, 3.05) is 0 Å². The van der Waals surface area contributed by atoms with Crippen molar-refractivity contribution in [1.82, 2.24) is 0 Å². The van der Waals surface area contributed by atoms with Crippen LogP contribution in [0.25, 0.3) is 0 Å². The van der Waals surface area contributed by atoms with Gasteiger partial charge in [0.05, 0.1) is 0 Å². The summed E-state index contributed by atoms with van der Waals surface area (Å²) in [6, 6.07) is 9.47. The van der Waals surface area contributed by atoms with Crippen LogP contribution in [0.5, 0.6) is 0 Å². The first kappa shape index (κ1) is 10.0. The second-order valence-electron chi connectivity index (χ2n) is 1.78. The fraction of sp³-hybridized carbons (Fsp3) is 0. The molecule has 6 heteroatoms. The highest BCUT2D eigenvalue weighted by molar-refractivity contribution is 8.75. The average Bonchev–Trinajstić information content (AvgIpc) is 2.05. The Morgan fingerprint density at radius 2 is 2.00 bits per heavy atom. The van der Waals surface area contributed by atoms with E-state index in [1.165, 1.54) is 10.8 Å². The Bertz CT molecular complexity index is 254. The van der Waals surface area contributed by atoms with Crippen LogP contribution >= 0.6 is 30.1 Å². The van der Waals surface area contributed by atoms with E-state index in [2.05, 4.69) is 3.97 Å². The molecule has 0 aliphatic carbocycles. The highest BCUT2D eigenvalue weighted by Gasteiger charge is 2.12. The third-order valence-electron chi connectivity index (χ3n) is 0.968. The maximum Gasteiger partial charge on any atom is 0.708 e. The third-order valence-corrected chi connectivity index (χ3v) is 3.58. The molecule has 1 atom stereocenters. The molecule has 0 spiro atoms. The van der Waals surface area contributed by atoms with Crippen LogP contribution in [0.3, 0.4) is 0 Å². The highest BCUT2D eigenvalue weighted by atomic mass is 33.1. The van der Waals surface area contributed by atoms with Gasteiger partial charge in [0.1, 0.15) is 11.1 Å². The lowest BCUT2D eigenvalue weighted by molar-refractivity contribution is 0.434. The van der Waals surface area contributed by atoms with Gasteiger partial charge in [-0.15, -0.1) is 4.89 Å². The van der Waals surface area contributed by atoms with E-state index in [1.807, 2.05) is 30.3 Å². The van der Waals surface area contributed by atoms with E-state index < -0.39 is 8.25 Å². The summed E-state index contributed by atoms with van der Waals surface area (Å²) in [5.74, 6) is 0. The molecular formula is C6H6O3PS2+. The summed E-state index contributed by atoms with van der Waals surface area (Å²) in [4.78, 5) is 9.27. The SMILES string of the molecule is O=[P+](O)OSSc1ccccc1. The molecule has 0 aliphatic heterocycles. The van der Waals surface area contributed by atoms with Gasteiger partial charge in [0.2, 0.25) is 0 Å². The Labute approximate surface area is 79.1 Å². The molecule has 12 heavy (non-hydrogen) atoms. The summed E-state index contributed by atoms with van der Waals surface area (Å²) in [6.45, 7) is 0. The van der Waals surface area contributed by atoms with Crippen LogP contribution in [0.2, 0.25) is 0 Å².